The van der Waals surface area contributed by atoms with E-state index >= 15 is 0 Å². The van der Waals surface area contributed by atoms with Crippen molar-refractivity contribution in [1.82, 2.24) is 4.98 Å². The molecule has 0 unspecified atom stereocenters. The summed E-state index contributed by atoms with van der Waals surface area (Å²) in [5.74, 6) is -2.09. The highest BCUT2D eigenvalue weighted by Crippen LogP contribution is 2.33. The molecule has 0 aliphatic heterocycles. The van der Waals surface area contributed by atoms with Gasteiger partial charge in [-0.05, 0) is 12.8 Å². The van der Waals surface area contributed by atoms with Crippen molar-refractivity contribution in [3.63, 3.8) is 0 Å². The molecule has 20 heavy (non-hydrogen) atoms. The van der Waals surface area contributed by atoms with Crippen molar-refractivity contribution >= 4 is 28.3 Å². The summed E-state index contributed by atoms with van der Waals surface area (Å²) in [7, 11) is 0. The van der Waals surface area contributed by atoms with Gasteiger partial charge in [-0.25, -0.2) is 4.98 Å². The number of hydrogen-bond donors (Lipinski definition) is 2. The zero-order valence-electron chi connectivity index (χ0n) is 12.0. The molecule has 110 valence electrons. The molecule has 0 saturated heterocycles. The lowest BCUT2D eigenvalue weighted by molar-refractivity contribution is -0.145. The molecule has 0 bridgehead atoms. The fourth-order valence-electron chi connectivity index (χ4n) is 2.44. The average Bonchev–Trinajstić information content (AvgIpc) is 2.95. The summed E-state index contributed by atoms with van der Waals surface area (Å²) in [4.78, 5) is 27.7. The van der Waals surface area contributed by atoms with Crippen LogP contribution in [0.4, 0.5) is 5.13 Å². The lowest BCUT2D eigenvalue weighted by Crippen LogP contribution is -2.30. The minimum Gasteiger partial charge on any atom is -0.481 e. The molecule has 6 heteroatoms. The smallest absolute Gasteiger partial charge is 0.307 e. The number of carboxylic acid groups (broad SMARTS) is 1. The van der Waals surface area contributed by atoms with Gasteiger partial charge in [-0.15, -0.1) is 11.3 Å². The number of aliphatic carboxylic acids is 1. The van der Waals surface area contributed by atoms with Crippen molar-refractivity contribution in [3.8, 4) is 0 Å². The fourth-order valence-corrected chi connectivity index (χ4v) is 3.38. The number of anilines is 1. The second kappa shape index (κ2) is 5.52. The normalized spacial score (nSPS) is 22.8. The maximum Gasteiger partial charge on any atom is 0.307 e. The standard InChI is InChI=1S/C14H20N2O3S/c1-14(2,3)10-7-20-13(15-10)16-11(17)8-5-4-6-9(8)12(18)19/h7-9H,4-6H2,1-3H3,(H,18,19)(H,15,16,17)/t8-,9+/m1/s1. The average molecular weight is 296 g/mol. The lowest BCUT2D eigenvalue weighted by atomic mass is 9.93. The number of hydrogen-bond acceptors (Lipinski definition) is 4. The van der Waals surface area contributed by atoms with E-state index in [1.165, 1.54) is 11.3 Å². The van der Waals surface area contributed by atoms with E-state index in [9.17, 15) is 9.59 Å². The number of carbonyl (C=O) groups is 2. The van der Waals surface area contributed by atoms with Crippen LogP contribution in [0.1, 0.15) is 45.7 Å². The second-order valence-electron chi connectivity index (χ2n) is 6.26. The first-order chi connectivity index (χ1) is 9.29. The molecule has 1 aromatic rings. The van der Waals surface area contributed by atoms with Crippen LogP contribution in [0, 0.1) is 11.8 Å². The Morgan fingerprint density at radius 2 is 2.00 bits per heavy atom. The van der Waals surface area contributed by atoms with Crippen molar-refractivity contribution in [2.24, 2.45) is 11.8 Å². The first-order valence-corrected chi connectivity index (χ1v) is 7.66. The maximum absolute atomic E-state index is 12.2. The van der Waals surface area contributed by atoms with E-state index in [-0.39, 0.29) is 11.3 Å². The molecular formula is C14H20N2O3S. The molecule has 2 atom stereocenters. The van der Waals surface area contributed by atoms with Crippen LogP contribution in [-0.4, -0.2) is 22.0 Å². The van der Waals surface area contributed by atoms with Crippen LogP contribution >= 0.6 is 11.3 Å². The molecule has 1 aliphatic rings. The Kier molecular flexibility index (Phi) is 4.13. The number of thiazole rings is 1. The monoisotopic (exact) mass is 296 g/mol. The minimum absolute atomic E-state index is 0.0591. The van der Waals surface area contributed by atoms with Crippen molar-refractivity contribution in [3.05, 3.63) is 11.1 Å². The van der Waals surface area contributed by atoms with Gasteiger partial charge in [0.1, 0.15) is 0 Å². The zero-order chi connectivity index (χ0) is 14.9. The summed E-state index contributed by atoms with van der Waals surface area (Å²) in [5.41, 5.74) is 0.871. The van der Waals surface area contributed by atoms with Crippen LogP contribution in [-0.2, 0) is 15.0 Å². The lowest BCUT2D eigenvalue weighted by Gasteiger charge is -2.15. The van der Waals surface area contributed by atoms with Crippen LogP contribution < -0.4 is 5.32 Å². The molecule has 1 amide bonds. The van der Waals surface area contributed by atoms with E-state index in [0.717, 1.165) is 12.1 Å². The molecule has 2 N–H and O–H groups in total. The molecule has 1 fully saturated rings. The van der Waals surface area contributed by atoms with Crippen molar-refractivity contribution < 1.29 is 14.7 Å². The predicted octanol–water partition coefficient (Wildman–Crippen LogP) is 2.88. The largest absolute Gasteiger partial charge is 0.481 e. The maximum atomic E-state index is 12.2. The third-order valence-corrected chi connectivity index (χ3v) is 4.43. The minimum atomic E-state index is -0.878. The summed E-state index contributed by atoms with van der Waals surface area (Å²) in [5, 5.41) is 14.4. The summed E-state index contributed by atoms with van der Waals surface area (Å²) in [6, 6.07) is 0. The molecule has 2 rings (SSSR count). The van der Waals surface area contributed by atoms with Crippen LogP contribution in [0.5, 0.6) is 0 Å². The van der Waals surface area contributed by atoms with Gasteiger partial charge in [0.15, 0.2) is 5.13 Å². The summed E-state index contributed by atoms with van der Waals surface area (Å²) in [6.45, 7) is 6.18. The van der Waals surface area contributed by atoms with Crippen LogP contribution in [0.15, 0.2) is 5.38 Å². The number of aromatic nitrogens is 1. The molecule has 5 nitrogen and oxygen atoms in total. The number of carboxylic acids is 1. The van der Waals surface area contributed by atoms with E-state index in [4.69, 9.17) is 5.11 Å². The number of carbonyl (C=O) groups excluding carboxylic acids is 1. The summed E-state index contributed by atoms with van der Waals surface area (Å²) >= 11 is 1.38. The van der Waals surface area contributed by atoms with Gasteiger partial charge in [0, 0.05) is 10.8 Å². The highest BCUT2D eigenvalue weighted by atomic mass is 32.1. The van der Waals surface area contributed by atoms with Gasteiger partial charge < -0.3 is 10.4 Å². The number of nitrogens with one attached hydrogen (secondary N) is 1. The molecule has 0 aromatic carbocycles. The van der Waals surface area contributed by atoms with Gasteiger partial charge in [-0.3, -0.25) is 9.59 Å². The predicted molar refractivity (Wildman–Crippen MR) is 77.9 cm³/mol. The first kappa shape index (κ1) is 15.0. The van der Waals surface area contributed by atoms with Crippen LogP contribution in [0.2, 0.25) is 0 Å². The molecular weight excluding hydrogens is 276 g/mol. The molecule has 1 saturated carbocycles. The highest BCUT2D eigenvalue weighted by Gasteiger charge is 2.38. The number of amides is 1. The Morgan fingerprint density at radius 3 is 2.55 bits per heavy atom. The van der Waals surface area contributed by atoms with Gasteiger partial charge in [0.25, 0.3) is 0 Å². The molecule has 0 spiro atoms. The van der Waals surface area contributed by atoms with Gasteiger partial charge in [-0.2, -0.15) is 0 Å². The second-order valence-corrected chi connectivity index (χ2v) is 7.12. The number of nitrogens with zero attached hydrogens (tertiary/aromatic N) is 1. The van der Waals surface area contributed by atoms with Crippen molar-refractivity contribution in [1.29, 1.82) is 0 Å². The summed E-state index contributed by atoms with van der Waals surface area (Å²) < 4.78 is 0. The Labute approximate surface area is 122 Å². The van der Waals surface area contributed by atoms with Gasteiger partial charge in [-0.1, -0.05) is 27.2 Å². The number of rotatable bonds is 3. The van der Waals surface area contributed by atoms with Crippen molar-refractivity contribution in [2.45, 2.75) is 45.4 Å². The molecule has 1 aliphatic carbocycles. The Bertz CT molecular complexity index is 519. The third kappa shape index (κ3) is 3.17. The fraction of sp³-hybridized carbons (Fsp3) is 0.643. The first-order valence-electron chi connectivity index (χ1n) is 6.78. The van der Waals surface area contributed by atoms with E-state index in [1.807, 2.05) is 5.38 Å². The van der Waals surface area contributed by atoms with Crippen LogP contribution in [0.3, 0.4) is 0 Å². The Balaban J connectivity index is 2.05. The quantitative estimate of drug-likeness (QED) is 0.899. The highest BCUT2D eigenvalue weighted by molar-refractivity contribution is 7.13. The Morgan fingerprint density at radius 1 is 1.35 bits per heavy atom. The van der Waals surface area contributed by atoms with Crippen LogP contribution in [0.25, 0.3) is 0 Å². The van der Waals surface area contributed by atoms with E-state index in [1.54, 1.807) is 0 Å². The topological polar surface area (TPSA) is 79.3 Å². The molecule has 0 radical (unpaired) electrons. The van der Waals surface area contributed by atoms with E-state index < -0.39 is 17.8 Å². The summed E-state index contributed by atoms with van der Waals surface area (Å²) in [6.07, 6.45) is 2.01. The van der Waals surface area contributed by atoms with E-state index in [0.29, 0.717) is 18.0 Å². The Hall–Kier alpha value is -1.43. The van der Waals surface area contributed by atoms with Gasteiger partial charge in [0.2, 0.25) is 5.91 Å². The van der Waals surface area contributed by atoms with Crippen molar-refractivity contribution in [2.75, 3.05) is 5.32 Å². The van der Waals surface area contributed by atoms with E-state index in [2.05, 4.69) is 31.1 Å². The molecule has 1 aromatic heterocycles. The SMILES string of the molecule is CC(C)(C)c1csc(NC(=O)[C@@H]2CCC[C@@H]2C(=O)O)n1. The molecule has 1 heterocycles. The van der Waals surface area contributed by atoms with Gasteiger partial charge in [0.05, 0.1) is 17.5 Å². The third-order valence-electron chi connectivity index (χ3n) is 3.67. The zero-order valence-corrected chi connectivity index (χ0v) is 12.8. The van der Waals surface area contributed by atoms with Gasteiger partial charge >= 0.3 is 5.97 Å².